The molecular formula is C14H19F14NO3S. The first-order valence-electron chi connectivity index (χ1n) is 8.43. The highest BCUT2D eigenvalue weighted by molar-refractivity contribution is 7.87. The maximum absolute atomic E-state index is 13.4. The lowest BCUT2D eigenvalue weighted by molar-refractivity contribution is -0.436. The number of halogens is 14. The summed E-state index contributed by atoms with van der Waals surface area (Å²) in [6.07, 6.45) is -3.69. The van der Waals surface area contributed by atoms with Gasteiger partial charge in [-0.05, 0) is 20.5 Å². The Hall–Kier alpha value is -1.11. The topological polar surface area (TPSA) is 66.4 Å². The Morgan fingerprint density at radius 2 is 0.939 bits per heavy atom. The number of rotatable bonds is 11. The van der Waals surface area contributed by atoms with Gasteiger partial charge in [-0.3, -0.25) is 4.55 Å². The fraction of sp³-hybridized carbons (Fsp3) is 1.00. The summed E-state index contributed by atoms with van der Waals surface area (Å²) >= 11 is 0. The van der Waals surface area contributed by atoms with Crippen LogP contribution in [-0.4, -0.2) is 67.9 Å². The zero-order valence-electron chi connectivity index (χ0n) is 16.8. The third kappa shape index (κ3) is 5.59. The van der Waals surface area contributed by atoms with E-state index in [1.165, 1.54) is 6.92 Å². The predicted molar refractivity (Wildman–Crippen MR) is 85.3 cm³/mol. The van der Waals surface area contributed by atoms with Crippen molar-refractivity contribution in [2.45, 2.75) is 73.4 Å². The summed E-state index contributed by atoms with van der Waals surface area (Å²) in [7, 11) is -3.96. The van der Waals surface area contributed by atoms with Crippen LogP contribution in [0.15, 0.2) is 0 Å². The van der Waals surface area contributed by atoms with E-state index >= 15 is 0 Å². The fourth-order valence-electron chi connectivity index (χ4n) is 1.92. The Morgan fingerprint density at radius 3 is 1.24 bits per heavy atom. The summed E-state index contributed by atoms with van der Waals surface area (Å²) < 4.78 is 214. The van der Waals surface area contributed by atoms with Crippen LogP contribution >= 0.6 is 0 Å². The molecule has 0 aliphatic rings. The van der Waals surface area contributed by atoms with Crippen molar-refractivity contribution in [3.8, 4) is 0 Å². The molecule has 33 heavy (non-hydrogen) atoms. The summed E-state index contributed by atoms with van der Waals surface area (Å²) in [5.41, 5.74) is 0. The van der Waals surface area contributed by atoms with E-state index in [4.69, 9.17) is 4.55 Å². The van der Waals surface area contributed by atoms with Gasteiger partial charge in [-0.1, -0.05) is 19.8 Å². The van der Waals surface area contributed by atoms with E-state index in [0.29, 0.717) is 0 Å². The lowest BCUT2D eigenvalue weighted by atomic mass is 9.89. The number of alkyl halides is 14. The quantitative estimate of drug-likeness (QED) is 0.198. The Balaban J connectivity index is 0. The molecular weight excluding hydrogens is 528 g/mol. The van der Waals surface area contributed by atoms with Crippen molar-refractivity contribution in [2.75, 3.05) is 14.1 Å². The van der Waals surface area contributed by atoms with Crippen molar-refractivity contribution in [2.24, 2.45) is 0 Å². The first-order chi connectivity index (χ1) is 14.2. The van der Waals surface area contributed by atoms with Gasteiger partial charge in [-0.15, -0.1) is 0 Å². The van der Waals surface area contributed by atoms with Gasteiger partial charge in [0.15, 0.2) is 0 Å². The summed E-state index contributed by atoms with van der Waals surface area (Å²) in [4.78, 5) is 0. The summed E-state index contributed by atoms with van der Waals surface area (Å²) in [5, 5.41) is -4.86. The van der Waals surface area contributed by atoms with E-state index in [1.807, 2.05) is 14.1 Å². The van der Waals surface area contributed by atoms with E-state index in [1.54, 1.807) is 0 Å². The van der Waals surface area contributed by atoms with Crippen molar-refractivity contribution in [3.05, 3.63) is 0 Å². The fourth-order valence-corrected chi connectivity index (χ4v) is 2.37. The standard InChI is InChI=1S/C12H12F14O3S.C2H7N/c1-2-3-4-5-6(13,14)7(15,16)8(17,18)9(19,20)10(21,22)11(23,24)12(25,26)30(27,28)29;1-3-2/h2-5H2,1H3,(H,27,28,29);3H,1-2H3. The van der Waals surface area contributed by atoms with Crippen molar-refractivity contribution in [1.82, 2.24) is 5.32 Å². The van der Waals surface area contributed by atoms with Crippen LogP contribution in [0.2, 0.25) is 0 Å². The molecule has 0 rings (SSSR count). The minimum absolute atomic E-state index is 0.00319. The molecule has 0 aliphatic heterocycles. The van der Waals surface area contributed by atoms with Gasteiger partial charge < -0.3 is 5.32 Å². The third-order valence-electron chi connectivity index (χ3n) is 3.82. The Kier molecular flexibility index (Phi) is 10.6. The highest BCUT2D eigenvalue weighted by Crippen LogP contribution is 2.63. The molecule has 0 aromatic rings. The van der Waals surface area contributed by atoms with E-state index in [0.717, 1.165) is 0 Å². The molecule has 0 aromatic heterocycles. The van der Waals surface area contributed by atoms with Crippen molar-refractivity contribution < 1.29 is 74.4 Å². The number of hydrogen-bond acceptors (Lipinski definition) is 3. The second-order valence-corrected chi connectivity index (χ2v) is 7.99. The third-order valence-corrected chi connectivity index (χ3v) is 4.72. The minimum Gasteiger partial charge on any atom is -0.323 e. The highest BCUT2D eigenvalue weighted by atomic mass is 32.2. The summed E-state index contributed by atoms with van der Waals surface area (Å²) in [6, 6.07) is 0. The molecule has 0 atom stereocenters. The van der Waals surface area contributed by atoms with E-state index < -0.39 is 63.7 Å². The smallest absolute Gasteiger partial charge is 0.323 e. The van der Waals surface area contributed by atoms with Crippen molar-refractivity contribution >= 4 is 10.1 Å². The molecule has 0 saturated carbocycles. The average Bonchev–Trinajstić information content (AvgIpc) is 2.60. The molecule has 0 aliphatic carbocycles. The van der Waals surface area contributed by atoms with Crippen LogP contribution in [0.25, 0.3) is 0 Å². The second-order valence-electron chi connectivity index (χ2n) is 6.53. The lowest BCUT2D eigenvalue weighted by Crippen LogP contribution is -2.73. The number of nitrogens with one attached hydrogen (secondary N) is 1. The Labute approximate surface area is 178 Å². The number of unbranched alkanes of at least 4 members (excludes halogenated alkanes) is 2. The Bertz CT molecular complexity index is 739. The SMILES string of the molecule is CCCCCC(F)(F)C(F)(F)C(F)(F)C(F)(F)C(F)(F)C(F)(F)C(F)(F)S(=O)(=O)O.CNC. The van der Waals surface area contributed by atoms with Crippen LogP contribution < -0.4 is 5.32 Å². The molecule has 202 valence electrons. The van der Waals surface area contributed by atoms with Gasteiger partial charge in [-0.25, -0.2) is 0 Å². The van der Waals surface area contributed by atoms with Gasteiger partial charge in [0.25, 0.3) is 0 Å². The average molecular weight is 547 g/mol. The molecule has 0 spiro atoms. The molecule has 0 bridgehead atoms. The van der Waals surface area contributed by atoms with Crippen molar-refractivity contribution in [3.63, 3.8) is 0 Å². The van der Waals surface area contributed by atoms with Gasteiger partial charge in [-0.2, -0.15) is 69.9 Å². The summed E-state index contributed by atoms with van der Waals surface area (Å²) in [6.45, 7) is 1.29. The van der Waals surface area contributed by atoms with Gasteiger partial charge in [0.1, 0.15) is 0 Å². The van der Waals surface area contributed by atoms with Gasteiger partial charge in [0.05, 0.1) is 0 Å². The summed E-state index contributed by atoms with van der Waals surface area (Å²) in [5.74, 6) is -46.7. The van der Waals surface area contributed by atoms with Crippen molar-refractivity contribution in [1.29, 1.82) is 0 Å². The largest absolute Gasteiger partial charge is 0.438 e. The maximum atomic E-state index is 13.4. The molecule has 0 saturated heterocycles. The van der Waals surface area contributed by atoms with Crippen LogP contribution in [0, 0.1) is 0 Å². The van der Waals surface area contributed by atoms with E-state index in [9.17, 15) is 69.9 Å². The molecule has 4 nitrogen and oxygen atoms in total. The predicted octanol–water partition coefficient (Wildman–Crippen LogP) is 5.69. The highest BCUT2D eigenvalue weighted by Gasteiger charge is 2.94. The normalized spacial score (nSPS) is 15.2. The minimum atomic E-state index is -8.38. The molecule has 0 heterocycles. The molecule has 0 fully saturated rings. The monoisotopic (exact) mass is 547 g/mol. The van der Waals surface area contributed by atoms with Crippen LogP contribution in [0.3, 0.4) is 0 Å². The van der Waals surface area contributed by atoms with E-state index in [-0.39, 0.29) is 12.8 Å². The molecule has 0 unspecified atom stereocenters. The number of hydrogen-bond donors (Lipinski definition) is 2. The molecule has 2 N–H and O–H groups in total. The first kappa shape index (κ1) is 34.1. The zero-order valence-corrected chi connectivity index (χ0v) is 17.6. The van der Waals surface area contributed by atoms with Crippen LogP contribution in [-0.2, 0) is 10.1 Å². The maximum Gasteiger partial charge on any atom is 0.438 e. The molecule has 19 heteroatoms. The van der Waals surface area contributed by atoms with Gasteiger partial charge in [0, 0.05) is 6.42 Å². The molecule has 0 aromatic carbocycles. The Morgan fingerprint density at radius 1 is 0.636 bits per heavy atom. The lowest BCUT2D eigenvalue weighted by Gasteiger charge is -2.42. The van der Waals surface area contributed by atoms with Gasteiger partial charge >= 0.3 is 50.9 Å². The molecule has 0 amide bonds. The van der Waals surface area contributed by atoms with Crippen LogP contribution in [0.5, 0.6) is 0 Å². The van der Waals surface area contributed by atoms with E-state index in [2.05, 4.69) is 5.32 Å². The van der Waals surface area contributed by atoms with Crippen LogP contribution in [0.4, 0.5) is 61.5 Å². The molecule has 0 radical (unpaired) electrons. The zero-order chi connectivity index (χ0) is 27.5. The second kappa shape index (κ2) is 10.2. The van der Waals surface area contributed by atoms with Crippen LogP contribution in [0.1, 0.15) is 32.6 Å². The van der Waals surface area contributed by atoms with Gasteiger partial charge in [0.2, 0.25) is 0 Å². The first-order valence-corrected chi connectivity index (χ1v) is 9.87.